The van der Waals surface area contributed by atoms with Crippen LogP contribution in [0.4, 0.5) is 0 Å². The van der Waals surface area contributed by atoms with E-state index < -0.39 is 0 Å². The number of benzene rings is 1. The zero-order valence-electron chi connectivity index (χ0n) is 8.31. The summed E-state index contributed by atoms with van der Waals surface area (Å²) in [7, 11) is 0. The Morgan fingerprint density at radius 3 is 2.93 bits per heavy atom. The summed E-state index contributed by atoms with van der Waals surface area (Å²) in [4.78, 5) is 11.5. The van der Waals surface area contributed by atoms with Crippen LogP contribution in [0.2, 0.25) is 0 Å². The van der Waals surface area contributed by atoms with Gasteiger partial charge >= 0.3 is 5.97 Å². The van der Waals surface area contributed by atoms with Crippen molar-refractivity contribution in [3.8, 4) is 0 Å². The summed E-state index contributed by atoms with van der Waals surface area (Å²) in [5, 5.41) is 2.90. The molecule has 1 saturated heterocycles. The molecular formula is C11H13NO3. The van der Waals surface area contributed by atoms with Gasteiger partial charge in [-0.15, -0.1) is 0 Å². The van der Waals surface area contributed by atoms with Crippen molar-refractivity contribution in [2.75, 3.05) is 13.3 Å². The molecule has 4 nitrogen and oxygen atoms in total. The summed E-state index contributed by atoms with van der Waals surface area (Å²) in [6.45, 7) is 1.14. The van der Waals surface area contributed by atoms with Gasteiger partial charge in [0, 0.05) is 0 Å². The molecule has 1 N–H and O–H groups in total. The first-order valence-corrected chi connectivity index (χ1v) is 4.88. The molecule has 1 aromatic carbocycles. The summed E-state index contributed by atoms with van der Waals surface area (Å²) in [5.74, 6) is -0.253. The lowest BCUT2D eigenvalue weighted by Gasteiger charge is -2.08. The van der Waals surface area contributed by atoms with Crippen molar-refractivity contribution in [3.05, 3.63) is 35.9 Å². The fourth-order valence-electron chi connectivity index (χ4n) is 1.38. The van der Waals surface area contributed by atoms with Crippen molar-refractivity contribution >= 4 is 5.97 Å². The molecule has 1 aliphatic heterocycles. The molecule has 15 heavy (non-hydrogen) atoms. The normalized spacial score (nSPS) is 20.1. The SMILES string of the molecule is O=C(OCc1ccccc1)[C@@H]1COCN1. The number of esters is 1. The van der Waals surface area contributed by atoms with Gasteiger partial charge in [-0.1, -0.05) is 30.3 Å². The van der Waals surface area contributed by atoms with Crippen LogP contribution in [-0.2, 0) is 20.9 Å². The number of hydrogen-bond donors (Lipinski definition) is 1. The minimum absolute atomic E-state index is 0.253. The van der Waals surface area contributed by atoms with E-state index >= 15 is 0 Å². The molecule has 1 atom stereocenters. The molecule has 1 fully saturated rings. The molecule has 1 aromatic rings. The van der Waals surface area contributed by atoms with Crippen LogP contribution in [0.5, 0.6) is 0 Å². The van der Waals surface area contributed by atoms with Gasteiger partial charge in [-0.3, -0.25) is 10.1 Å². The number of rotatable bonds is 3. The van der Waals surface area contributed by atoms with E-state index in [9.17, 15) is 4.79 Å². The van der Waals surface area contributed by atoms with E-state index in [1.54, 1.807) is 0 Å². The second kappa shape index (κ2) is 4.91. The van der Waals surface area contributed by atoms with Crippen LogP contribution < -0.4 is 5.32 Å². The Kier molecular flexibility index (Phi) is 3.32. The van der Waals surface area contributed by atoms with Crippen molar-refractivity contribution in [2.45, 2.75) is 12.6 Å². The lowest BCUT2D eigenvalue weighted by molar-refractivity contribution is -0.147. The molecule has 0 aromatic heterocycles. The molecule has 0 bridgehead atoms. The van der Waals surface area contributed by atoms with E-state index in [0.717, 1.165) is 5.56 Å². The molecule has 1 aliphatic rings. The fourth-order valence-corrected chi connectivity index (χ4v) is 1.38. The monoisotopic (exact) mass is 207 g/mol. The summed E-state index contributed by atoms with van der Waals surface area (Å²) >= 11 is 0. The number of hydrogen-bond acceptors (Lipinski definition) is 4. The topological polar surface area (TPSA) is 47.6 Å². The molecule has 1 heterocycles. The van der Waals surface area contributed by atoms with Gasteiger partial charge in [-0.2, -0.15) is 0 Å². The third-order valence-corrected chi connectivity index (χ3v) is 2.22. The zero-order valence-corrected chi connectivity index (χ0v) is 8.31. The summed E-state index contributed by atoms with van der Waals surface area (Å²) in [6, 6.07) is 9.30. The van der Waals surface area contributed by atoms with Crippen LogP contribution in [0.25, 0.3) is 0 Å². The number of carbonyl (C=O) groups excluding carboxylic acids is 1. The van der Waals surface area contributed by atoms with Gasteiger partial charge in [0.05, 0.1) is 13.3 Å². The van der Waals surface area contributed by atoms with Gasteiger partial charge in [0.1, 0.15) is 12.6 Å². The van der Waals surface area contributed by atoms with E-state index in [4.69, 9.17) is 9.47 Å². The van der Waals surface area contributed by atoms with E-state index in [1.165, 1.54) is 0 Å². The van der Waals surface area contributed by atoms with Crippen LogP contribution in [0.15, 0.2) is 30.3 Å². The highest BCUT2D eigenvalue weighted by Crippen LogP contribution is 2.03. The van der Waals surface area contributed by atoms with Gasteiger partial charge in [0.2, 0.25) is 0 Å². The Morgan fingerprint density at radius 2 is 2.27 bits per heavy atom. The molecule has 2 rings (SSSR count). The minimum Gasteiger partial charge on any atom is -0.460 e. The van der Waals surface area contributed by atoms with E-state index in [0.29, 0.717) is 19.9 Å². The smallest absolute Gasteiger partial charge is 0.325 e. The molecule has 0 unspecified atom stereocenters. The first-order chi connectivity index (χ1) is 7.36. The Morgan fingerprint density at radius 1 is 1.47 bits per heavy atom. The average Bonchev–Trinajstić information content (AvgIpc) is 2.81. The standard InChI is InChI=1S/C11H13NO3/c13-11(10-7-14-8-12-10)15-6-9-4-2-1-3-5-9/h1-5,10,12H,6-8H2/t10-/m0/s1. The van der Waals surface area contributed by atoms with Crippen LogP contribution in [0, 0.1) is 0 Å². The van der Waals surface area contributed by atoms with E-state index in [1.807, 2.05) is 30.3 Å². The quantitative estimate of drug-likeness (QED) is 0.740. The fraction of sp³-hybridized carbons (Fsp3) is 0.364. The van der Waals surface area contributed by atoms with Crippen LogP contribution in [0.1, 0.15) is 5.56 Å². The van der Waals surface area contributed by atoms with Crippen LogP contribution >= 0.6 is 0 Å². The lowest BCUT2D eigenvalue weighted by atomic mass is 10.2. The molecule has 80 valence electrons. The Hall–Kier alpha value is -1.39. The first kappa shape index (κ1) is 10.1. The first-order valence-electron chi connectivity index (χ1n) is 4.88. The van der Waals surface area contributed by atoms with Crippen molar-refractivity contribution < 1.29 is 14.3 Å². The third kappa shape index (κ3) is 2.78. The Bertz CT molecular complexity index is 320. The maximum absolute atomic E-state index is 11.5. The van der Waals surface area contributed by atoms with E-state index in [2.05, 4.69) is 5.32 Å². The summed E-state index contributed by atoms with van der Waals surface area (Å²) < 4.78 is 10.1. The maximum Gasteiger partial charge on any atom is 0.325 e. The lowest BCUT2D eigenvalue weighted by Crippen LogP contribution is -2.34. The number of carbonyl (C=O) groups is 1. The third-order valence-electron chi connectivity index (χ3n) is 2.22. The highest BCUT2D eigenvalue weighted by molar-refractivity contribution is 5.76. The summed E-state index contributed by atoms with van der Waals surface area (Å²) in [5.41, 5.74) is 0.991. The minimum atomic E-state index is -0.311. The van der Waals surface area contributed by atoms with Gasteiger partial charge < -0.3 is 9.47 Å². The van der Waals surface area contributed by atoms with Crippen molar-refractivity contribution in [2.24, 2.45) is 0 Å². The van der Waals surface area contributed by atoms with Crippen molar-refractivity contribution in [3.63, 3.8) is 0 Å². The van der Waals surface area contributed by atoms with Gasteiger partial charge in [-0.05, 0) is 5.56 Å². The highest BCUT2D eigenvalue weighted by Gasteiger charge is 2.23. The van der Waals surface area contributed by atoms with Crippen molar-refractivity contribution in [1.82, 2.24) is 5.32 Å². The van der Waals surface area contributed by atoms with Crippen LogP contribution in [0.3, 0.4) is 0 Å². The largest absolute Gasteiger partial charge is 0.460 e. The second-order valence-electron chi connectivity index (χ2n) is 3.37. The zero-order chi connectivity index (χ0) is 10.5. The molecular weight excluding hydrogens is 194 g/mol. The molecule has 0 aliphatic carbocycles. The summed E-state index contributed by atoms with van der Waals surface area (Å²) in [6.07, 6.45) is 0. The van der Waals surface area contributed by atoms with E-state index in [-0.39, 0.29) is 12.0 Å². The molecule has 0 saturated carbocycles. The van der Waals surface area contributed by atoms with Gasteiger partial charge in [-0.25, -0.2) is 0 Å². The average molecular weight is 207 g/mol. The Labute approximate surface area is 88.2 Å². The molecule has 0 amide bonds. The molecule has 0 spiro atoms. The van der Waals surface area contributed by atoms with Crippen molar-refractivity contribution in [1.29, 1.82) is 0 Å². The molecule has 4 heteroatoms. The molecule has 0 radical (unpaired) electrons. The predicted octanol–water partition coefficient (Wildman–Crippen LogP) is 0.676. The highest BCUT2D eigenvalue weighted by atomic mass is 16.5. The Balaban J connectivity index is 1.80. The van der Waals surface area contributed by atoms with Gasteiger partial charge in [0.15, 0.2) is 0 Å². The second-order valence-corrected chi connectivity index (χ2v) is 3.37. The predicted molar refractivity (Wildman–Crippen MR) is 54.0 cm³/mol. The number of nitrogens with one attached hydrogen (secondary N) is 1. The number of ether oxygens (including phenoxy) is 2. The van der Waals surface area contributed by atoms with Crippen LogP contribution in [-0.4, -0.2) is 25.3 Å². The van der Waals surface area contributed by atoms with Gasteiger partial charge in [0.25, 0.3) is 0 Å². The maximum atomic E-state index is 11.5.